The van der Waals surface area contributed by atoms with E-state index in [1.807, 2.05) is 7.05 Å². The van der Waals surface area contributed by atoms with Gasteiger partial charge in [0.2, 0.25) is 0 Å². The average molecular weight is 502 g/mol. The Bertz CT molecular complexity index is 750. The molecule has 0 saturated heterocycles. The highest BCUT2D eigenvalue weighted by Gasteiger charge is 2.25. The van der Waals surface area contributed by atoms with Crippen molar-refractivity contribution >= 4 is 41.3 Å². The maximum Gasteiger partial charge on any atom is 0.191 e. The molecule has 0 aromatic carbocycles. The van der Waals surface area contributed by atoms with Crippen LogP contribution in [0.2, 0.25) is 0 Å². The van der Waals surface area contributed by atoms with Crippen LogP contribution in [0.3, 0.4) is 0 Å². The van der Waals surface area contributed by atoms with Crippen LogP contribution in [0.5, 0.6) is 0 Å². The second kappa shape index (κ2) is 9.36. The van der Waals surface area contributed by atoms with Gasteiger partial charge in [-0.1, -0.05) is 33.8 Å². The molecule has 3 heterocycles. The van der Waals surface area contributed by atoms with Crippen molar-refractivity contribution in [3.8, 4) is 0 Å². The first-order valence-corrected chi connectivity index (χ1v) is 10.2. The minimum absolute atomic E-state index is 0. The summed E-state index contributed by atoms with van der Waals surface area (Å²) in [6.45, 7) is 10.5. The van der Waals surface area contributed by atoms with E-state index in [2.05, 4.69) is 75.6 Å². The highest BCUT2D eigenvalue weighted by molar-refractivity contribution is 14.0. The van der Waals surface area contributed by atoms with E-state index in [0.717, 1.165) is 43.5 Å². The summed E-state index contributed by atoms with van der Waals surface area (Å²) in [5.41, 5.74) is 0.0730. The molecule has 150 valence electrons. The third kappa shape index (κ3) is 5.43. The molecule has 2 N–H and O–H groups in total. The van der Waals surface area contributed by atoms with Gasteiger partial charge >= 0.3 is 0 Å². The molecule has 3 rings (SSSR count). The molecular weight excluding hydrogens is 471 g/mol. The summed E-state index contributed by atoms with van der Waals surface area (Å²) in [4.78, 5) is 10.5. The fraction of sp³-hybridized carbons (Fsp3) is 0.632. The Morgan fingerprint density at radius 3 is 2.85 bits per heavy atom. The van der Waals surface area contributed by atoms with Crippen molar-refractivity contribution in [3.63, 3.8) is 0 Å². The number of rotatable bonds is 5. The number of fused-ring (bicyclic) bond motifs is 1. The van der Waals surface area contributed by atoms with E-state index in [-0.39, 0.29) is 29.4 Å². The van der Waals surface area contributed by atoms with Crippen molar-refractivity contribution in [2.24, 2.45) is 4.99 Å². The van der Waals surface area contributed by atoms with Gasteiger partial charge in [0.05, 0.1) is 6.54 Å². The Hall–Kier alpha value is -1.16. The number of nitrogens with zero attached hydrogens (tertiary/aromatic N) is 4. The molecule has 0 amide bonds. The van der Waals surface area contributed by atoms with E-state index in [9.17, 15) is 0 Å². The van der Waals surface area contributed by atoms with Crippen molar-refractivity contribution in [2.45, 2.75) is 64.5 Å². The monoisotopic (exact) mass is 502 g/mol. The molecular formula is C19H31IN6S. The topological polar surface area (TPSA) is 67.1 Å². The SMILES string of the molecule is CN=C(NCC(C)(C)c1cccs1)NC1CCc2nc(C(C)C)nn2C1.I. The minimum atomic E-state index is 0. The van der Waals surface area contributed by atoms with Crippen LogP contribution >= 0.6 is 35.3 Å². The minimum Gasteiger partial charge on any atom is -0.356 e. The van der Waals surface area contributed by atoms with Gasteiger partial charge in [0.15, 0.2) is 11.8 Å². The van der Waals surface area contributed by atoms with Gasteiger partial charge in [-0.2, -0.15) is 5.10 Å². The van der Waals surface area contributed by atoms with E-state index in [4.69, 9.17) is 0 Å². The Labute approximate surface area is 183 Å². The summed E-state index contributed by atoms with van der Waals surface area (Å²) < 4.78 is 2.05. The molecule has 2 aromatic rings. The zero-order chi connectivity index (χ0) is 18.7. The van der Waals surface area contributed by atoms with Crippen LogP contribution < -0.4 is 10.6 Å². The number of hydrogen-bond acceptors (Lipinski definition) is 4. The molecule has 0 bridgehead atoms. The Morgan fingerprint density at radius 1 is 1.44 bits per heavy atom. The molecule has 1 aliphatic heterocycles. The second-order valence-corrected chi connectivity index (χ2v) is 8.84. The standard InChI is InChI=1S/C19H30N6S.HI/c1-13(2)17-23-16-9-8-14(11-25(16)24-17)22-18(20-5)21-12-19(3,4)15-7-6-10-26-15;/h6-7,10,13-14H,8-9,11-12H2,1-5H3,(H2,20,21,22);1H. The largest absolute Gasteiger partial charge is 0.356 e. The van der Waals surface area contributed by atoms with Crippen LogP contribution in [-0.2, 0) is 18.4 Å². The van der Waals surface area contributed by atoms with E-state index in [0.29, 0.717) is 12.0 Å². The molecule has 0 aliphatic carbocycles. The molecule has 0 saturated carbocycles. The van der Waals surface area contributed by atoms with E-state index < -0.39 is 0 Å². The summed E-state index contributed by atoms with van der Waals surface area (Å²) in [6.07, 6.45) is 2.00. The number of aryl methyl sites for hydroxylation is 1. The van der Waals surface area contributed by atoms with Gasteiger partial charge in [-0.05, 0) is 17.9 Å². The molecule has 1 unspecified atom stereocenters. The molecule has 0 radical (unpaired) electrons. The Morgan fingerprint density at radius 2 is 2.22 bits per heavy atom. The first-order chi connectivity index (χ1) is 12.4. The second-order valence-electron chi connectivity index (χ2n) is 7.89. The lowest BCUT2D eigenvalue weighted by molar-refractivity contribution is 0.390. The molecule has 27 heavy (non-hydrogen) atoms. The van der Waals surface area contributed by atoms with E-state index >= 15 is 0 Å². The molecule has 0 fully saturated rings. The van der Waals surface area contributed by atoms with E-state index in [1.54, 1.807) is 11.3 Å². The first kappa shape index (κ1) is 22.1. The summed E-state index contributed by atoms with van der Waals surface area (Å²) in [7, 11) is 1.83. The first-order valence-electron chi connectivity index (χ1n) is 9.34. The van der Waals surface area contributed by atoms with Crippen LogP contribution in [0.4, 0.5) is 0 Å². The third-order valence-electron chi connectivity index (χ3n) is 4.84. The van der Waals surface area contributed by atoms with Gasteiger partial charge in [0, 0.05) is 42.3 Å². The summed E-state index contributed by atoms with van der Waals surface area (Å²) in [5.74, 6) is 3.27. The number of guanidine groups is 1. The Balaban J connectivity index is 0.00000261. The van der Waals surface area contributed by atoms with E-state index in [1.165, 1.54) is 4.88 Å². The lowest BCUT2D eigenvalue weighted by Gasteiger charge is -2.28. The number of halogens is 1. The van der Waals surface area contributed by atoms with Gasteiger partial charge in [-0.15, -0.1) is 35.3 Å². The molecule has 1 aliphatic rings. The number of aliphatic imine (C=N–C) groups is 1. The predicted molar refractivity (Wildman–Crippen MR) is 123 cm³/mol. The molecule has 2 aromatic heterocycles. The highest BCUT2D eigenvalue weighted by atomic mass is 127. The highest BCUT2D eigenvalue weighted by Crippen LogP contribution is 2.26. The number of nitrogens with one attached hydrogen (secondary N) is 2. The normalized spacial score (nSPS) is 17.4. The van der Waals surface area contributed by atoms with Gasteiger partial charge in [0.25, 0.3) is 0 Å². The fourth-order valence-corrected chi connectivity index (χ4v) is 3.99. The van der Waals surface area contributed by atoms with Gasteiger partial charge < -0.3 is 10.6 Å². The molecule has 1 atom stereocenters. The van der Waals surface area contributed by atoms with Gasteiger partial charge in [0.1, 0.15) is 5.82 Å². The van der Waals surface area contributed by atoms with Crippen LogP contribution in [0, 0.1) is 0 Å². The zero-order valence-electron chi connectivity index (χ0n) is 16.8. The van der Waals surface area contributed by atoms with Crippen molar-refractivity contribution in [3.05, 3.63) is 34.0 Å². The molecule has 8 heteroatoms. The van der Waals surface area contributed by atoms with Crippen molar-refractivity contribution in [2.75, 3.05) is 13.6 Å². The van der Waals surface area contributed by atoms with Crippen molar-refractivity contribution in [1.82, 2.24) is 25.4 Å². The van der Waals surface area contributed by atoms with Crippen LogP contribution in [0.25, 0.3) is 0 Å². The molecule has 6 nitrogen and oxygen atoms in total. The van der Waals surface area contributed by atoms with Crippen LogP contribution in [0.1, 0.15) is 56.6 Å². The smallest absolute Gasteiger partial charge is 0.191 e. The van der Waals surface area contributed by atoms with Crippen molar-refractivity contribution in [1.29, 1.82) is 0 Å². The van der Waals surface area contributed by atoms with Gasteiger partial charge in [-0.25, -0.2) is 9.67 Å². The number of hydrogen-bond donors (Lipinski definition) is 2. The van der Waals surface area contributed by atoms with Crippen LogP contribution in [-0.4, -0.2) is 40.4 Å². The summed E-state index contributed by atoms with van der Waals surface area (Å²) in [5, 5.41) is 13.8. The fourth-order valence-electron chi connectivity index (χ4n) is 3.13. The van der Waals surface area contributed by atoms with Crippen LogP contribution in [0.15, 0.2) is 22.5 Å². The zero-order valence-corrected chi connectivity index (χ0v) is 20.0. The third-order valence-corrected chi connectivity index (χ3v) is 6.08. The number of aromatic nitrogens is 3. The molecule has 0 spiro atoms. The Kier molecular flexibility index (Phi) is 7.67. The number of thiophene rings is 1. The summed E-state index contributed by atoms with van der Waals surface area (Å²) >= 11 is 1.80. The summed E-state index contributed by atoms with van der Waals surface area (Å²) in [6, 6.07) is 4.63. The maximum absolute atomic E-state index is 4.66. The maximum atomic E-state index is 4.66. The lowest BCUT2D eigenvalue weighted by atomic mass is 9.91. The van der Waals surface area contributed by atoms with Crippen molar-refractivity contribution < 1.29 is 0 Å². The quantitative estimate of drug-likeness (QED) is 0.373. The van der Waals surface area contributed by atoms with Gasteiger partial charge in [-0.3, -0.25) is 4.99 Å². The average Bonchev–Trinajstić information content (AvgIpc) is 3.27. The lowest BCUT2D eigenvalue weighted by Crippen LogP contribution is -2.49. The predicted octanol–water partition coefficient (Wildman–Crippen LogP) is 3.54.